The molecule has 0 aromatic heterocycles. The molecule has 7 heteroatoms. The van der Waals surface area contributed by atoms with Crippen molar-refractivity contribution in [2.24, 2.45) is 5.92 Å². The molecule has 0 spiro atoms. The van der Waals surface area contributed by atoms with Crippen molar-refractivity contribution in [2.75, 3.05) is 32.8 Å². The molecule has 38 heavy (non-hydrogen) atoms. The van der Waals surface area contributed by atoms with E-state index in [1.807, 2.05) is 6.92 Å². The standard InChI is InChI=1S/C31H62NO5P/c1-3-5-6-7-8-9-10-11-12-13-14-15-16-17-18-19-23-30(28-31(33)22-4-2)29-37-38(34,35)36-27-26-32-24-20-21-25-32/h30H,3-29H2,1-2H3,(H,34,35). The summed E-state index contributed by atoms with van der Waals surface area (Å²) < 4.78 is 22.9. The Kier molecular flexibility index (Phi) is 23.1. The summed E-state index contributed by atoms with van der Waals surface area (Å²) >= 11 is 0. The molecule has 2 unspecified atom stereocenters. The zero-order valence-electron chi connectivity index (χ0n) is 25.1. The molecule has 1 saturated heterocycles. The second-order valence-corrected chi connectivity index (χ2v) is 13.1. The summed E-state index contributed by atoms with van der Waals surface area (Å²) in [5, 5.41) is 0. The largest absolute Gasteiger partial charge is 0.472 e. The fraction of sp³-hybridized carbons (Fsp3) is 0.968. The van der Waals surface area contributed by atoms with Gasteiger partial charge in [0.25, 0.3) is 0 Å². The third-order valence-electron chi connectivity index (χ3n) is 7.85. The van der Waals surface area contributed by atoms with Crippen LogP contribution in [-0.4, -0.2) is 48.4 Å². The normalized spacial score (nSPS) is 16.6. The molecule has 0 aromatic rings. The highest BCUT2D eigenvalue weighted by Crippen LogP contribution is 2.44. The fourth-order valence-electron chi connectivity index (χ4n) is 5.46. The third-order valence-corrected chi connectivity index (χ3v) is 8.83. The Morgan fingerprint density at radius 1 is 0.763 bits per heavy atom. The molecule has 0 radical (unpaired) electrons. The maximum atomic E-state index is 12.3. The third kappa shape index (κ3) is 21.5. The topological polar surface area (TPSA) is 76.1 Å². The average Bonchev–Trinajstić information content (AvgIpc) is 3.40. The molecule has 1 aliphatic rings. The van der Waals surface area contributed by atoms with Crippen LogP contribution in [0.2, 0.25) is 0 Å². The number of rotatable bonds is 28. The van der Waals surface area contributed by atoms with Gasteiger partial charge in [-0.15, -0.1) is 0 Å². The molecule has 0 amide bonds. The van der Waals surface area contributed by atoms with Crippen LogP contribution in [0.5, 0.6) is 0 Å². The summed E-state index contributed by atoms with van der Waals surface area (Å²) in [5.41, 5.74) is 0. The van der Waals surface area contributed by atoms with Crippen LogP contribution in [0, 0.1) is 5.92 Å². The Labute approximate surface area is 235 Å². The van der Waals surface area contributed by atoms with Crippen LogP contribution >= 0.6 is 7.82 Å². The van der Waals surface area contributed by atoms with Gasteiger partial charge in [0, 0.05) is 19.4 Å². The molecule has 226 valence electrons. The van der Waals surface area contributed by atoms with E-state index >= 15 is 0 Å². The molecule has 0 aliphatic carbocycles. The molecule has 1 N–H and O–H groups in total. The number of carbonyl (C=O) groups is 1. The molecular formula is C31H62NO5P. The second kappa shape index (κ2) is 24.5. The Balaban J connectivity index is 2.09. The number of phosphoric acid groups is 1. The minimum absolute atomic E-state index is 0.0108. The number of carbonyl (C=O) groups excluding carboxylic acids is 1. The fourth-order valence-corrected chi connectivity index (χ4v) is 6.24. The van der Waals surface area contributed by atoms with Gasteiger partial charge in [-0.3, -0.25) is 13.8 Å². The maximum absolute atomic E-state index is 12.3. The first kappa shape index (κ1) is 35.8. The van der Waals surface area contributed by atoms with E-state index < -0.39 is 7.82 Å². The minimum atomic E-state index is -4.08. The molecule has 2 atom stereocenters. The maximum Gasteiger partial charge on any atom is 0.472 e. The zero-order chi connectivity index (χ0) is 27.7. The minimum Gasteiger partial charge on any atom is -0.302 e. The van der Waals surface area contributed by atoms with E-state index in [9.17, 15) is 14.3 Å². The van der Waals surface area contributed by atoms with Gasteiger partial charge in [0.1, 0.15) is 5.78 Å². The Hall–Kier alpha value is -0.260. The van der Waals surface area contributed by atoms with E-state index in [4.69, 9.17) is 9.05 Å². The number of phosphoric ester groups is 1. The van der Waals surface area contributed by atoms with Crippen molar-refractivity contribution in [3.8, 4) is 0 Å². The number of hydrogen-bond acceptors (Lipinski definition) is 5. The Morgan fingerprint density at radius 3 is 1.76 bits per heavy atom. The molecule has 1 fully saturated rings. The molecule has 1 rings (SSSR count). The van der Waals surface area contributed by atoms with Crippen molar-refractivity contribution >= 4 is 13.6 Å². The van der Waals surface area contributed by atoms with E-state index in [2.05, 4.69) is 11.8 Å². The van der Waals surface area contributed by atoms with Crippen LogP contribution < -0.4 is 0 Å². The average molecular weight is 560 g/mol. The first-order chi connectivity index (χ1) is 18.5. The molecule has 0 bridgehead atoms. The molecule has 1 aliphatic heterocycles. The highest BCUT2D eigenvalue weighted by atomic mass is 31.2. The summed E-state index contributed by atoms with van der Waals surface area (Å²) in [6, 6.07) is 0. The lowest BCUT2D eigenvalue weighted by molar-refractivity contribution is -0.120. The van der Waals surface area contributed by atoms with Crippen molar-refractivity contribution in [3.05, 3.63) is 0 Å². The quantitative estimate of drug-likeness (QED) is 0.0760. The number of unbranched alkanes of at least 4 members (excludes halogenated alkanes) is 15. The van der Waals surface area contributed by atoms with Gasteiger partial charge in [0.2, 0.25) is 0 Å². The monoisotopic (exact) mass is 559 g/mol. The van der Waals surface area contributed by atoms with Crippen LogP contribution in [0.15, 0.2) is 0 Å². The summed E-state index contributed by atoms with van der Waals surface area (Å²) in [5.74, 6) is 0.212. The van der Waals surface area contributed by atoms with E-state index in [1.54, 1.807) is 0 Å². The van der Waals surface area contributed by atoms with Gasteiger partial charge in [-0.2, -0.15) is 0 Å². The highest BCUT2D eigenvalue weighted by Gasteiger charge is 2.25. The zero-order valence-corrected chi connectivity index (χ0v) is 26.0. The van der Waals surface area contributed by atoms with Crippen LogP contribution in [0.1, 0.15) is 155 Å². The second-order valence-electron chi connectivity index (χ2n) is 11.6. The van der Waals surface area contributed by atoms with E-state index in [0.717, 1.165) is 38.8 Å². The van der Waals surface area contributed by atoms with Crippen molar-refractivity contribution in [3.63, 3.8) is 0 Å². The summed E-state index contributed by atoms with van der Waals surface area (Å²) in [7, 11) is -4.08. The summed E-state index contributed by atoms with van der Waals surface area (Å²) in [4.78, 5) is 24.6. The van der Waals surface area contributed by atoms with Gasteiger partial charge in [-0.25, -0.2) is 4.57 Å². The van der Waals surface area contributed by atoms with Crippen molar-refractivity contribution in [2.45, 2.75) is 155 Å². The van der Waals surface area contributed by atoms with Gasteiger partial charge in [0.05, 0.1) is 13.2 Å². The Bertz CT molecular complexity index is 597. The van der Waals surface area contributed by atoms with E-state index in [1.165, 1.54) is 103 Å². The highest BCUT2D eigenvalue weighted by molar-refractivity contribution is 7.47. The predicted octanol–water partition coefficient (Wildman–Crippen LogP) is 9.24. The van der Waals surface area contributed by atoms with Crippen LogP contribution in [0.25, 0.3) is 0 Å². The van der Waals surface area contributed by atoms with Crippen molar-refractivity contribution < 1.29 is 23.3 Å². The van der Waals surface area contributed by atoms with E-state index in [0.29, 0.717) is 19.4 Å². The summed E-state index contributed by atoms with van der Waals surface area (Å²) in [6.07, 6.45) is 26.4. The van der Waals surface area contributed by atoms with Crippen LogP contribution in [0.4, 0.5) is 0 Å². The molecule has 0 saturated carbocycles. The van der Waals surface area contributed by atoms with Crippen molar-refractivity contribution in [1.29, 1.82) is 0 Å². The summed E-state index contributed by atoms with van der Waals surface area (Å²) in [6.45, 7) is 7.32. The number of ketones is 1. The molecule has 1 heterocycles. The smallest absolute Gasteiger partial charge is 0.302 e. The van der Waals surface area contributed by atoms with Gasteiger partial charge in [-0.05, 0) is 44.7 Å². The van der Waals surface area contributed by atoms with Gasteiger partial charge in [0.15, 0.2) is 0 Å². The Morgan fingerprint density at radius 2 is 1.26 bits per heavy atom. The van der Waals surface area contributed by atoms with E-state index in [-0.39, 0.29) is 24.9 Å². The first-order valence-corrected chi connectivity index (χ1v) is 17.8. The van der Waals surface area contributed by atoms with Gasteiger partial charge < -0.3 is 9.79 Å². The van der Waals surface area contributed by atoms with Crippen molar-refractivity contribution in [1.82, 2.24) is 4.90 Å². The van der Waals surface area contributed by atoms with Gasteiger partial charge >= 0.3 is 7.82 Å². The van der Waals surface area contributed by atoms with Crippen LogP contribution in [-0.2, 0) is 18.4 Å². The van der Waals surface area contributed by atoms with Crippen LogP contribution in [0.3, 0.4) is 0 Å². The molecular weight excluding hydrogens is 497 g/mol. The molecule has 6 nitrogen and oxygen atoms in total. The lowest BCUT2D eigenvalue weighted by atomic mass is 9.94. The SMILES string of the molecule is CCCCCCCCCCCCCCCCCCC(COP(=O)(O)OCCN1CCCC1)CC(=O)CCC. The molecule has 0 aromatic carbocycles. The number of likely N-dealkylation sites (tertiary alicyclic amines) is 1. The number of hydrogen-bond donors (Lipinski definition) is 1. The van der Waals surface area contributed by atoms with Gasteiger partial charge in [-0.1, -0.05) is 117 Å². The first-order valence-electron chi connectivity index (χ1n) is 16.3. The lowest BCUT2D eigenvalue weighted by Crippen LogP contribution is -2.24. The lowest BCUT2D eigenvalue weighted by Gasteiger charge is -2.20. The number of Topliss-reactive ketones (excluding diaryl/α,β-unsaturated/α-hetero) is 1. The number of nitrogens with zero attached hydrogens (tertiary/aromatic N) is 1. The predicted molar refractivity (Wildman–Crippen MR) is 160 cm³/mol.